The molecule has 3 unspecified atom stereocenters. The lowest BCUT2D eigenvalue weighted by molar-refractivity contribution is 0.159. The van der Waals surface area contributed by atoms with Crippen molar-refractivity contribution in [1.82, 2.24) is 0 Å². The van der Waals surface area contributed by atoms with E-state index in [2.05, 4.69) is 13.8 Å². The zero-order chi connectivity index (χ0) is 8.98. The Hall–Kier alpha value is 0.580. The highest BCUT2D eigenvalue weighted by Crippen LogP contribution is 2.67. The van der Waals surface area contributed by atoms with Crippen LogP contribution in [0.25, 0.3) is 0 Å². The Kier molecular flexibility index (Phi) is 1.94. The van der Waals surface area contributed by atoms with Gasteiger partial charge in [0, 0.05) is 16.7 Å². The molecule has 0 heterocycles. The predicted molar refractivity (Wildman–Crippen MR) is 53.9 cm³/mol. The van der Waals surface area contributed by atoms with Gasteiger partial charge in [0.25, 0.3) is 0 Å². The van der Waals surface area contributed by atoms with Gasteiger partial charge in [-0.3, -0.25) is 0 Å². The van der Waals surface area contributed by atoms with Gasteiger partial charge in [-0.25, -0.2) is 0 Å². The Labute approximate surface area is 84.6 Å². The second-order valence-electron chi connectivity index (χ2n) is 4.95. The fraction of sp³-hybridized carbons (Fsp3) is 1.00. The van der Waals surface area contributed by atoms with E-state index < -0.39 is 0 Å². The van der Waals surface area contributed by atoms with E-state index in [1.54, 1.807) is 0 Å². The average molecular weight is 207 g/mol. The molecule has 3 atom stereocenters. The van der Waals surface area contributed by atoms with Crippen LogP contribution in [-0.2, 0) is 0 Å². The van der Waals surface area contributed by atoms with Gasteiger partial charge in [0.05, 0.1) is 0 Å². The van der Waals surface area contributed by atoms with Crippen molar-refractivity contribution in [1.29, 1.82) is 0 Å². The molecular formula is C10H16Cl2. The summed E-state index contributed by atoms with van der Waals surface area (Å²) in [6.07, 6.45) is 3.76. The van der Waals surface area contributed by atoms with Gasteiger partial charge >= 0.3 is 0 Å². The van der Waals surface area contributed by atoms with Crippen molar-refractivity contribution in [3.8, 4) is 0 Å². The summed E-state index contributed by atoms with van der Waals surface area (Å²) in [6.45, 7) is 4.69. The van der Waals surface area contributed by atoms with E-state index in [1.807, 2.05) is 0 Å². The van der Waals surface area contributed by atoms with E-state index in [0.29, 0.717) is 10.8 Å². The molecule has 2 aliphatic rings. The summed E-state index contributed by atoms with van der Waals surface area (Å²) in [5, 5.41) is 0.323. The summed E-state index contributed by atoms with van der Waals surface area (Å²) in [6, 6.07) is 0. The van der Waals surface area contributed by atoms with Crippen molar-refractivity contribution in [2.75, 3.05) is 5.88 Å². The Morgan fingerprint density at radius 2 is 2.08 bits per heavy atom. The molecule has 0 aliphatic heterocycles. The van der Waals surface area contributed by atoms with E-state index in [4.69, 9.17) is 23.2 Å². The SMILES string of the molecule is CC1(C)C2CCC1(CCl)C(Cl)C2. The number of fused-ring (bicyclic) bond motifs is 2. The minimum Gasteiger partial charge on any atom is -0.126 e. The summed E-state index contributed by atoms with van der Waals surface area (Å²) in [4.78, 5) is 0. The number of hydrogen-bond donors (Lipinski definition) is 0. The van der Waals surface area contributed by atoms with Crippen LogP contribution < -0.4 is 0 Å². The maximum absolute atomic E-state index is 6.37. The van der Waals surface area contributed by atoms with Crippen LogP contribution in [0.4, 0.5) is 0 Å². The Bertz CT molecular complexity index is 200. The van der Waals surface area contributed by atoms with Crippen molar-refractivity contribution in [3.05, 3.63) is 0 Å². The van der Waals surface area contributed by atoms with Gasteiger partial charge in [-0.1, -0.05) is 13.8 Å². The van der Waals surface area contributed by atoms with Crippen molar-refractivity contribution in [2.45, 2.75) is 38.5 Å². The highest BCUT2D eigenvalue weighted by atomic mass is 35.5. The van der Waals surface area contributed by atoms with Gasteiger partial charge in [-0.05, 0) is 30.6 Å². The first-order valence-corrected chi connectivity index (χ1v) is 5.72. The molecule has 0 N–H and O–H groups in total. The van der Waals surface area contributed by atoms with Crippen LogP contribution in [-0.4, -0.2) is 11.3 Å². The molecule has 2 fully saturated rings. The first kappa shape index (κ1) is 9.15. The first-order chi connectivity index (χ1) is 5.54. The van der Waals surface area contributed by atoms with E-state index in [1.165, 1.54) is 19.3 Å². The van der Waals surface area contributed by atoms with E-state index in [9.17, 15) is 0 Å². The number of alkyl halides is 2. The second-order valence-corrected chi connectivity index (χ2v) is 5.74. The topological polar surface area (TPSA) is 0 Å². The molecule has 0 amide bonds. The molecule has 2 heteroatoms. The number of halogens is 2. The van der Waals surface area contributed by atoms with Gasteiger partial charge in [-0.2, -0.15) is 0 Å². The van der Waals surface area contributed by atoms with Crippen LogP contribution in [0.3, 0.4) is 0 Å². The highest BCUT2D eigenvalue weighted by molar-refractivity contribution is 6.23. The van der Waals surface area contributed by atoms with Crippen LogP contribution in [0.5, 0.6) is 0 Å². The third-order valence-corrected chi connectivity index (χ3v) is 5.65. The van der Waals surface area contributed by atoms with Gasteiger partial charge in [-0.15, -0.1) is 23.2 Å². The van der Waals surface area contributed by atoms with Crippen molar-refractivity contribution >= 4 is 23.2 Å². The molecule has 2 saturated carbocycles. The van der Waals surface area contributed by atoms with Crippen LogP contribution in [0.1, 0.15) is 33.1 Å². The van der Waals surface area contributed by atoms with Crippen molar-refractivity contribution < 1.29 is 0 Å². The molecule has 0 nitrogen and oxygen atoms in total. The van der Waals surface area contributed by atoms with Gasteiger partial charge < -0.3 is 0 Å². The lowest BCUT2D eigenvalue weighted by atomic mass is 9.70. The monoisotopic (exact) mass is 206 g/mol. The van der Waals surface area contributed by atoms with Gasteiger partial charge in [0.15, 0.2) is 0 Å². The van der Waals surface area contributed by atoms with Crippen LogP contribution in [0.2, 0.25) is 0 Å². The fourth-order valence-corrected chi connectivity index (χ4v) is 4.72. The smallest absolute Gasteiger partial charge is 0.0411 e. The molecule has 2 aliphatic carbocycles. The van der Waals surface area contributed by atoms with Gasteiger partial charge in [0.1, 0.15) is 0 Å². The number of rotatable bonds is 1. The van der Waals surface area contributed by atoms with Crippen LogP contribution in [0, 0.1) is 16.7 Å². The molecule has 0 radical (unpaired) electrons. The molecule has 0 saturated heterocycles. The Morgan fingerprint density at radius 1 is 1.42 bits per heavy atom. The summed E-state index contributed by atoms with van der Waals surface area (Å²) in [7, 11) is 0. The Morgan fingerprint density at radius 3 is 2.33 bits per heavy atom. The molecular weight excluding hydrogens is 191 g/mol. The quantitative estimate of drug-likeness (QED) is 0.575. The minimum absolute atomic E-state index is 0.237. The van der Waals surface area contributed by atoms with Crippen molar-refractivity contribution in [3.63, 3.8) is 0 Å². The molecule has 12 heavy (non-hydrogen) atoms. The summed E-state index contributed by atoms with van der Waals surface area (Å²) in [5.41, 5.74) is 0.613. The molecule has 0 aromatic rings. The summed E-state index contributed by atoms with van der Waals surface area (Å²) < 4.78 is 0. The standard InChI is InChI=1S/C10H16Cl2/c1-9(2)7-3-4-10(9,6-11)8(12)5-7/h7-8H,3-6H2,1-2H3. The Balaban J connectivity index is 2.39. The fourth-order valence-electron chi connectivity index (χ4n) is 3.29. The zero-order valence-corrected chi connectivity index (χ0v) is 9.25. The first-order valence-electron chi connectivity index (χ1n) is 4.74. The van der Waals surface area contributed by atoms with Crippen LogP contribution >= 0.6 is 23.2 Å². The van der Waals surface area contributed by atoms with E-state index in [-0.39, 0.29) is 5.41 Å². The zero-order valence-electron chi connectivity index (χ0n) is 7.74. The predicted octanol–water partition coefficient (Wildman–Crippen LogP) is 3.66. The number of hydrogen-bond acceptors (Lipinski definition) is 0. The molecule has 0 aromatic heterocycles. The van der Waals surface area contributed by atoms with E-state index in [0.717, 1.165) is 11.8 Å². The summed E-state index contributed by atoms with van der Waals surface area (Å²) >= 11 is 12.5. The van der Waals surface area contributed by atoms with Crippen molar-refractivity contribution in [2.24, 2.45) is 16.7 Å². The average Bonchev–Trinajstić information content (AvgIpc) is 2.36. The molecule has 0 spiro atoms. The molecule has 0 aromatic carbocycles. The minimum atomic E-state index is 0.237. The van der Waals surface area contributed by atoms with E-state index >= 15 is 0 Å². The van der Waals surface area contributed by atoms with Crippen LogP contribution in [0.15, 0.2) is 0 Å². The summed E-state index contributed by atoms with van der Waals surface area (Å²) in [5.74, 6) is 1.56. The molecule has 70 valence electrons. The maximum Gasteiger partial charge on any atom is 0.0411 e. The third-order valence-electron chi connectivity index (χ3n) is 4.57. The second kappa shape index (κ2) is 2.54. The molecule has 2 bridgehead atoms. The normalized spacial score (nSPS) is 50.0. The largest absolute Gasteiger partial charge is 0.126 e. The van der Waals surface area contributed by atoms with Gasteiger partial charge in [0.2, 0.25) is 0 Å². The lowest BCUT2D eigenvalue weighted by Crippen LogP contribution is -2.37. The lowest BCUT2D eigenvalue weighted by Gasteiger charge is -2.38. The third kappa shape index (κ3) is 0.812. The molecule has 2 rings (SSSR count). The highest BCUT2D eigenvalue weighted by Gasteiger charge is 2.62. The maximum atomic E-state index is 6.37.